The lowest BCUT2D eigenvalue weighted by molar-refractivity contribution is -0.148. The normalized spacial score (nSPS) is 22.7. The van der Waals surface area contributed by atoms with Gasteiger partial charge in [-0.25, -0.2) is 0 Å². The van der Waals surface area contributed by atoms with Gasteiger partial charge >= 0.3 is 0 Å². The highest BCUT2D eigenvalue weighted by atomic mass is 16.7. The molecule has 1 aliphatic carbocycles. The first-order valence-corrected chi connectivity index (χ1v) is 11.8. The fourth-order valence-corrected chi connectivity index (χ4v) is 5.42. The van der Waals surface area contributed by atoms with Crippen molar-refractivity contribution in [2.75, 3.05) is 26.4 Å². The van der Waals surface area contributed by atoms with Crippen LogP contribution >= 0.6 is 0 Å². The first kappa shape index (κ1) is 21.3. The standard InChI is InChI=1S/C26H32N2O4/c29-25(26(30,21-8-4-5-9-21)20-6-2-1-3-7-20)27-22-13-15-28(17-22)14-12-19-10-11-23-24(16-19)32-18-31-23/h1-3,6-7,10-11,16,21-22,30H,4-5,8-9,12-15,17-18H2,(H,27,29)/t22-,26?/m0/s1. The monoisotopic (exact) mass is 436 g/mol. The van der Waals surface area contributed by atoms with E-state index >= 15 is 0 Å². The van der Waals surface area contributed by atoms with E-state index in [2.05, 4.69) is 22.3 Å². The second-order valence-corrected chi connectivity index (χ2v) is 9.31. The van der Waals surface area contributed by atoms with Gasteiger partial charge in [-0.15, -0.1) is 0 Å². The Labute approximate surface area is 189 Å². The fraction of sp³-hybridized carbons (Fsp3) is 0.500. The number of carbonyl (C=O) groups is 1. The number of fused-ring (bicyclic) bond motifs is 1. The van der Waals surface area contributed by atoms with Crippen molar-refractivity contribution >= 4 is 5.91 Å². The van der Waals surface area contributed by atoms with Crippen molar-refractivity contribution < 1.29 is 19.4 Å². The van der Waals surface area contributed by atoms with Gasteiger partial charge in [0.25, 0.3) is 5.91 Å². The maximum atomic E-state index is 13.4. The number of amides is 1. The zero-order valence-electron chi connectivity index (χ0n) is 18.5. The summed E-state index contributed by atoms with van der Waals surface area (Å²) < 4.78 is 10.9. The molecule has 1 amide bonds. The van der Waals surface area contributed by atoms with Crippen molar-refractivity contribution in [3.63, 3.8) is 0 Å². The van der Waals surface area contributed by atoms with Gasteiger partial charge in [0.1, 0.15) is 0 Å². The molecule has 1 saturated carbocycles. The Bertz CT molecular complexity index is 944. The van der Waals surface area contributed by atoms with Gasteiger partial charge in [-0.05, 0) is 48.9 Å². The molecule has 1 unspecified atom stereocenters. The summed E-state index contributed by atoms with van der Waals surface area (Å²) in [4.78, 5) is 15.8. The van der Waals surface area contributed by atoms with E-state index in [0.717, 1.165) is 69.7 Å². The third-order valence-corrected chi connectivity index (χ3v) is 7.27. The number of hydrogen-bond acceptors (Lipinski definition) is 5. The summed E-state index contributed by atoms with van der Waals surface area (Å²) in [6.45, 7) is 2.98. The minimum atomic E-state index is -1.45. The van der Waals surface area contributed by atoms with Crippen LogP contribution in [0.15, 0.2) is 48.5 Å². The Hall–Kier alpha value is -2.57. The zero-order chi connectivity index (χ0) is 22.0. The van der Waals surface area contributed by atoms with Gasteiger partial charge in [0.2, 0.25) is 6.79 Å². The molecular weight excluding hydrogens is 404 g/mol. The first-order valence-electron chi connectivity index (χ1n) is 11.8. The van der Waals surface area contributed by atoms with Crippen LogP contribution in [0, 0.1) is 5.92 Å². The van der Waals surface area contributed by atoms with Gasteiger partial charge in [-0.2, -0.15) is 0 Å². The van der Waals surface area contributed by atoms with E-state index in [1.165, 1.54) is 5.56 Å². The predicted molar refractivity (Wildman–Crippen MR) is 122 cm³/mol. The minimum absolute atomic E-state index is 0.0200. The van der Waals surface area contributed by atoms with Crippen molar-refractivity contribution in [3.8, 4) is 11.5 Å². The zero-order valence-corrected chi connectivity index (χ0v) is 18.5. The van der Waals surface area contributed by atoms with Gasteiger partial charge in [0, 0.05) is 31.6 Å². The summed E-state index contributed by atoms with van der Waals surface area (Å²) in [5.41, 5.74) is 0.487. The van der Waals surface area contributed by atoms with E-state index in [1.807, 2.05) is 36.4 Å². The average molecular weight is 437 g/mol. The maximum Gasteiger partial charge on any atom is 0.257 e. The van der Waals surface area contributed by atoms with Gasteiger partial charge in [-0.1, -0.05) is 49.2 Å². The molecule has 2 atom stereocenters. The summed E-state index contributed by atoms with van der Waals surface area (Å²) in [5, 5.41) is 14.8. The molecule has 170 valence electrons. The molecule has 2 heterocycles. The lowest BCUT2D eigenvalue weighted by atomic mass is 9.79. The number of nitrogens with one attached hydrogen (secondary N) is 1. The van der Waals surface area contributed by atoms with Crippen LogP contribution in [-0.4, -0.2) is 48.4 Å². The molecular formula is C26H32N2O4. The number of aliphatic hydroxyl groups is 1. The van der Waals surface area contributed by atoms with Gasteiger partial charge in [-0.3, -0.25) is 4.79 Å². The predicted octanol–water partition coefficient (Wildman–Crippen LogP) is 3.23. The van der Waals surface area contributed by atoms with Crippen LogP contribution in [0.3, 0.4) is 0 Å². The number of likely N-dealkylation sites (tertiary alicyclic amines) is 1. The summed E-state index contributed by atoms with van der Waals surface area (Å²) >= 11 is 0. The van der Waals surface area contributed by atoms with E-state index in [0.29, 0.717) is 12.4 Å². The topological polar surface area (TPSA) is 71.0 Å². The Balaban J connectivity index is 1.19. The summed E-state index contributed by atoms with van der Waals surface area (Å²) in [6.07, 6.45) is 5.76. The largest absolute Gasteiger partial charge is 0.454 e. The Morgan fingerprint density at radius 3 is 2.66 bits per heavy atom. The van der Waals surface area contributed by atoms with Crippen LogP contribution in [0.25, 0.3) is 0 Å². The molecule has 5 rings (SSSR count). The van der Waals surface area contributed by atoms with E-state index in [4.69, 9.17) is 9.47 Å². The number of rotatable bonds is 7. The molecule has 6 nitrogen and oxygen atoms in total. The fourth-order valence-electron chi connectivity index (χ4n) is 5.42. The Kier molecular flexibility index (Phi) is 6.07. The van der Waals surface area contributed by atoms with Crippen molar-refractivity contribution in [3.05, 3.63) is 59.7 Å². The van der Waals surface area contributed by atoms with Crippen LogP contribution in [0.5, 0.6) is 11.5 Å². The highest BCUT2D eigenvalue weighted by molar-refractivity contribution is 5.87. The molecule has 0 radical (unpaired) electrons. The van der Waals surface area contributed by atoms with E-state index in [9.17, 15) is 9.90 Å². The number of ether oxygens (including phenoxy) is 2. The SMILES string of the molecule is O=C(N[C@H]1CCN(CCc2ccc3c(c2)OCO3)C1)C(O)(c1ccccc1)C1CCCC1. The van der Waals surface area contributed by atoms with Crippen LogP contribution < -0.4 is 14.8 Å². The summed E-state index contributed by atoms with van der Waals surface area (Å²) in [6, 6.07) is 15.7. The summed E-state index contributed by atoms with van der Waals surface area (Å²) in [5.74, 6) is 1.37. The van der Waals surface area contributed by atoms with Crippen LogP contribution in [-0.2, 0) is 16.8 Å². The lowest BCUT2D eigenvalue weighted by Crippen LogP contribution is -2.52. The molecule has 2 fully saturated rings. The molecule has 6 heteroatoms. The van der Waals surface area contributed by atoms with Gasteiger partial charge in [0.05, 0.1) is 0 Å². The number of carbonyl (C=O) groups excluding carboxylic acids is 1. The third-order valence-electron chi connectivity index (χ3n) is 7.27. The molecule has 0 aromatic heterocycles. The molecule has 0 bridgehead atoms. The third kappa shape index (κ3) is 4.21. The molecule has 2 aromatic carbocycles. The Morgan fingerprint density at radius 2 is 1.84 bits per heavy atom. The second kappa shape index (κ2) is 9.12. The van der Waals surface area contributed by atoms with E-state index in [1.54, 1.807) is 0 Å². The molecule has 3 aliphatic rings. The van der Waals surface area contributed by atoms with Gasteiger partial charge < -0.3 is 24.8 Å². The van der Waals surface area contributed by atoms with E-state index < -0.39 is 5.60 Å². The lowest BCUT2D eigenvalue weighted by Gasteiger charge is -2.34. The first-order chi connectivity index (χ1) is 15.6. The van der Waals surface area contributed by atoms with Crippen LogP contribution in [0.4, 0.5) is 0 Å². The molecule has 2 N–H and O–H groups in total. The number of benzene rings is 2. The van der Waals surface area contributed by atoms with E-state index in [-0.39, 0.29) is 17.9 Å². The number of hydrogen-bond donors (Lipinski definition) is 2. The van der Waals surface area contributed by atoms with Gasteiger partial charge in [0.15, 0.2) is 17.1 Å². The van der Waals surface area contributed by atoms with Crippen LogP contribution in [0.2, 0.25) is 0 Å². The van der Waals surface area contributed by atoms with Crippen molar-refractivity contribution in [2.24, 2.45) is 5.92 Å². The molecule has 1 saturated heterocycles. The number of nitrogens with zero attached hydrogens (tertiary/aromatic N) is 1. The average Bonchev–Trinajstić information content (AvgIpc) is 3.59. The molecule has 0 spiro atoms. The smallest absolute Gasteiger partial charge is 0.257 e. The maximum absolute atomic E-state index is 13.4. The minimum Gasteiger partial charge on any atom is -0.454 e. The van der Waals surface area contributed by atoms with Crippen molar-refractivity contribution in [2.45, 2.75) is 50.2 Å². The molecule has 2 aromatic rings. The summed E-state index contributed by atoms with van der Waals surface area (Å²) in [7, 11) is 0. The highest BCUT2D eigenvalue weighted by Gasteiger charge is 2.47. The highest BCUT2D eigenvalue weighted by Crippen LogP contribution is 2.41. The molecule has 32 heavy (non-hydrogen) atoms. The van der Waals surface area contributed by atoms with Crippen LogP contribution in [0.1, 0.15) is 43.2 Å². The molecule has 2 aliphatic heterocycles. The Morgan fingerprint density at radius 1 is 1.06 bits per heavy atom. The quantitative estimate of drug-likeness (QED) is 0.697. The van der Waals surface area contributed by atoms with Crippen molar-refractivity contribution in [1.82, 2.24) is 10.2 Å². The second-order valence-electron chi connectivity index (χ2n) is 9.31. The van der Waals surface area contributed by atoms with Crippen molar-refractivity contribution in [1.29, 1.82) is 0 Å².